The molecule has 1 aliphatic rings. The van der Waals surface area contributed by atoms with Crippen LogP contribution in [0.3, 0.4) is 0 Å². The van der Waals surface area contributed by atoms with E-state index in [9.17, 15) is 9.59 Å². The Balaban J connectivity index is 2.45. The minimum Gasteiger partial charge on any atom is -0.397 e. The standard InChI is InChI=1S/C11H11BrN2O2/c1-6-4-10(15)14(11(6)16)9-3-2-7(12)5-8(9)13/h2-3,5-6H,4,13H2,1H3. The van der Waals surface area contributed by atoms with Gasteiger partial charge in [0.25, 0.3) is 0 Å². The number of hydrogen-bond donors (Lipinski definition) is 1. The summed E-state index contributed by atoms with van der Waals surface area (Å²) < 4.78 is 0.820. The average Bonchev–Trinajstić information content (AvgIpc) is 2.43. The lowest BCUT2D eigenvalue weighted by Gasteiger charge is -2.16. The fraction of sp³-hybridized carbons (Fsp3) is 0.273. The Morgan fingerprint density at radius 1 is 1.44 bits per heavy atom. The number of nitrogens with zero attached hydrogens (tertiary/aromatic N) is 1. The molecule has 0 aliphatic carbocycles. The van der Waals surface area contributed by atoms with E-state index in [1.54, 1.807) is 25.1 Å². The zero-order chi connectivity index (χ0) is 11.9. The lowest BCUT2D eigenvalue weighted by molar-refractivity contribution is -0.122. The number of rotatable bonds is 1. The summed E-state index contributed by atoms with van der Waals surface area (Å²) in [4.78, 5) is 24.6. The first-order valence-electron chi connectivity index (χ1n) is 4.92. The van der Waals surface area contributed by atoms with E-state index in [1.807, 2.05) is 0 Å². The van der Waals surface area contributed by atoms with E-state index in [2.05, 4.69) is 15.9 Å². The molecule has 16 heavy (non-hydrogen) atoms. The molecule has 1 fully saturated rings. The highest BCUT2D eigenvalue weighted by molar-refractivity contribution is 9.10. The third-order valence-corrected chi connectivity index (χ3v) is 3.10. The van der Waals surface area contributed by atoms with E-state index in [0.717, 1.165) is 4.47 Å². The lowest BCUT2D eigenvalue weighted by atomic mass is 10.1. The van der Waals surface area contributed by atoms with Crippen LogP contribution < -0.4 is 10.6 Å². The van der Waals surface area contributed by atoms with Crippen LogP contribution in [0.1, 0.15) is 13.3 Å². The van der Waals surface area contributed by atoms with Crippen LogP contribution in [0.4, 0.5) is 11.4 Å². The minimum absolute atomic E-state index is 0.181. The van der Waals surface area contributed by atoms with Crippen molar-refractivity contribution < 1.29 is 9.59 Å². The van der Waals surface area contributed by atoms with Gasteiger partial charge in [-0.15, -0.1) is 0 Å². The van der Waals surface area contributed by atoms with Crippen molar-refractivity contribution >= 4 is 39.1 Å². The first-order valence-corrected chi connectivity index (χ1v) is 5.72. The molecule has 1 unspecified atom stereocenters. The highest BCUT2D eigenvalue weighted by Crippen LogP contribution is 2.32. The maximum atomic E-state index is 11.8. The topological polar surface area (TPSA) is 63.4 Å². The molecule has 1 saturated heterocycles. The number of amides is 2. The van der Waals surface area contributed by atoms with Gasteiger partial charge >= 0.3 is 0 Å². The van der Waals surface area contributed by atoms with Crippen molar-refractivity contribution in [2.24, 2.45) is 5.92 Å². The van der Waals surface area contributed by atoms with E-state index in [-0.39, 0.29) is 24.2 Å². The molecule has 2 rings (SSSR count). The molecular weight excluding hydrogens is 272 g/mol. The van der Waals surface area contributed by atoms with Gasteiger partial charge in [0.2, 0.25) is 11.8 Å². The monoisotopic (exact) mass is 282 g/mol. The Labute approximate surface area is 102 Å². The summed E-state index contributed by atoms with van der Waals surface area (Å²) >= 11 is 3.28. The molecule has 1 heterocycles. The van der Waals surface area contributed by atoms with Crippen LogP contribution in [0, 0.1) is 5.92 Å². The molecule has 0 saturated carbocycles. The van der Waals surface area contributed by atoms with Crippen LogP contribution in [-0.4, -0.2) is 11.8 Å². The summed E-state index contributed by atoms with van der Waals surface area (Å²) in [6.45, 7) is 1.75. The van der Waals surface area contributed by atoms with Gasteiger partial charge in [0.05, 0.1) is 11.4 Å². The Bertz CT molecular complexity index is 473. The maximum absolute atomic E-state index is 11.8. The summed E-state index contributed by atoms with van der Waals surface area (Å²) in [5.74, 6) is -0.624. The molecule has 1 atom stereocenters. The normalized spacial score (nSPS) is 20.6. The molecule has 2 amide bonds. The minimum atomic E-state index is -0.254. The zero-order valence-corrected chi connectivity index (χ0v) is 10.3. The number of anilines is 2. The van der Waals surface area contributed by atoms with Crippen molar-refractivity contribution in [3.05, 3.63) is 22.7 Å². The number of carbonyl (C=O) groups excluding carboxylic acids is 2. The number of nitrogen functional groups attached to an aromatic ring is 1. The summed E-state index contributed by atoms with van der Waals surface area (Å²) in [5.41, 5.74) is 6.69. The van der Waals surface area contributed by atoms with E-state index >= 15 is 0 Å². The van der Waals surface area contributed by atoms with Crippen LogP contribution in [0.5, 0.6) is 0 Å². The smallest absolute Gasteiger partial charge is 0.237 e. The third kappa shape index (κ3) is 1.71. The summed E-state index contributed by atoms with van der Waals surface area (Å²) in [6.07, 6.45) is 0.258. The molecule has 0 radical (unpaired) electrons. The molecule has 5 heteroatoms. The molecule has 1 aromatic rings. The van der Waals surface area contributed by atoms with Gasteiger partial charge < -0.3 is 5.73 Å². The van der Waals surface area contributed by atoms with E-state index < -0.39 is 0 Å². The van der Waals surface area contributed by atoms with Gasteiger partial charge in [0.15, 0.2) is 0 Å². The second kappa shape index (κ2) is 3.90. The van der Waals surface area contributed by atoms with E-state index in [0.29, 0.717) is 11.4 Å². The summed E-state index contributed by atoms with van der Waals surface area (Å²) in [5, 5.41) is 0. The fourth-order valence-corrected chi connectivity index (χ4v) is 2.14. The first kappa shape index (κ1) is 11.1. The van der Waals surface area contributed by atoms with Gasteiger partial charge in [0, 0.05) is 16.8 Å². The van der Waals surface area contributed by atoms with Gasteiger partial charge in [-0.05, 0) is 18.2 Å². The third-order valence-electron chi connectivity index (χ3n) is 2.60. The zero-order valence-electron chi connectivity index (χ0n) is 8.74. The maximum Gasteiger partial charge on any atom is 0.237 e. The van der Waals surface area contributed by atoms with Crippen LogP contribution >= 0.6 is 15.9 Å². The highest BCUT2D eigenvalue weighted by Gasteiger charge is 2.37. The number of imide groups is 1. The van der Waals surface area contributed by atoms with E-state index in [4.69, 9.17) is 5.73 Å². The van der Waals surface area contributed by atoms with Gasteiger partial charge in [-0.3, -0.25) is 9.59 Å². The van der Waals surface area contributed by atoms with Crippen LogP contribution in [0.25, 0.3) is 0 Å². The average molecular weight is 283 g/mol. The lowest BCUT2D eigenvalue weighted by Crippen LogP contribution is -2.30. The van der Waals surface area contributed by atoms with E-state index in [1.165, 1.54) is 4.90 Å². The fourth-order valence-electron chi connectivity index (χ4n) is 1.77. The van der Waals surface area contributed by atoms with Crippen molar-refractivity contribution in [3.63, 3.8) is 0 Å². The summed E-state index contributed by atoms with van der Waals surface area (Å²) in [7, 11) is 0. The molecule has 2 N–H and O–H groups in total. The molecule has 0 bridgehead atoms. The Morgan fingerprint density at radius 3 is 2.62 bits per heavy atom. The highest BCUT2D eigenvalue weighted by atomic mass is 79.9. The number of nitrogens with two attached hydrogens (primary N) is 1. The summed E-state index contributed by atoms with van der Waals surface area (Å²) in [6, 6.07) is 5.11. The molecule has 4 nitrogen and oxygen atoms in total. The number of benzene rings is 1. The number of halogens is 1. The largest absolute Gasteiger partial charge is 0.397 e. The van der Waals surface area contributed by atoms with Crippen molar-refractivity contribution in [2.45, 2.75) is 13.3 Å². The molecular formula is C11H11BrN2O2. The molecule has 0 aromatic heterocycles. The number of carbonyl (C=O) groups is 2. The first-order chi connectivity index (χ1) is 7.50. The Morgan fingerprint density at radius 2 is 2.12 bits per heavy atom. The quantitative estimate of drug-likeness (QED) is 0.632. The van der Waals surface area contributed by atoms with Crippen LogP contribution in [-0.2, 0) is 9.59 Å². The Hall–Kier alpha value is -1.36. The van der Waals surface area contributed by atoms with Crippen molar-refractivity contribution in [1.29, 1.82) is 0 Å². The van der Waals surface area contributed by atoms with Crippen LogP contribution in [0.2, 0.25) is 0 Å². The van der Waals surface area contributed by atoms with Crippen molar-refractivity contribution in [1.82, 2.24) is 0 Å². The second-order valence-corrected chi connectivity index (χ2v) is 4.79. The molecule has 1 aliphatic heterocycles. The molecule has 0 spiro atoms. The van der Waals surface area contributed by atoms with Gasteiger partial charge in [-0.2, -0.15) is 0 Å². The van der Waals surface area contributed by atoms with Crippen molar-refractivity contribution in [3.8, 4) is 0 Å². The van der Waals surface area contributed by atoms with Crippen molar-refractivity contribution in [2.75, 3.05) is 10.6 Å². The molecule has 1 aromatic carbocycles. The Kier molecular flexibility index (Phi) is 2.71. The predicted octanol–water partition coefficient (Wildman–Crippen LogP) is 1.93. The van der Waals surface area contributed by atoms with Gasteiger partial charge in [-0.25, -0.2) is 4.90 Å². The van der Waals surface area contributed by atoms with Gasteiger partial charge in [0.1, 0.15) is 0 Å². The van der Waals surface area contributed by atoms with Crippen LogP contribution in [0.15, 0.2) is 22.7 Å². The SMILES string of the molecule is CC1CC(=O)N(c2ccc(Br)cc2N)C1=O. The van der Waals surface area contributed by atoms with Gasteiger partial charge in [-0.1, -0.05) is 22.9 Å². The molecule has 84 valence electrons. The number of hydrogen-bond acceptors (Lipinski definition) is 3. The predicted molar refractivity (Wildman–Crippen MR) is 64.8 cm³/mol. The second-order valence-electron chi connectivity index (χ2n) is 3.88.